The van der Waals surface area contributed by atoms with Crippen LogP contribution in [0.4, 0.5) is 0 Å². The van der Waals surface area contributed by atoms with Crippen molar-refractivity contribution in [2.45, 2.75) is 0 Å². The van der Waals surface area contributed by atoms with E-state index in [0.717, 1.165) is 5.56 Å². The summed E-state index contributed by atoms with van der Waals surface area (Å²) in [7, 11) is 3.13. The summed E-state index contributed by atoms with van der Waals surface area (Å²) >= 11 is 11.9. The summed E-state index contributed by atoms with van der Waals surface area (Å²) in [5.41, 5.74) is 1.67. The van der Waals surface area contributed by atoms with Crippen molar-refractivity contribution in [1.29, 1.82) is 0 Å². The van der Waals surface area contributed by atoms with Gasteiger partial charge in [0.05, 0.1) is 20.8 Å². The summed E-state index contributed by atoms with van der Waals surface area (Å²) in [6.45, 7) is 0.458. The van der Waals surface area contributed by atoms with E-state index in [1.54, 1.807) is 61.2 Å². The standard InChI is InChI=1S/C22H19Cl2N5O4/c1-31-17-4-3-13(11-18(17)32-2)21-27-26-19-5-6-20(28-29(19)21)33-8-7-25-22(30)14-9-15(23)12-16(24)10-14/h3-6,9-12H,7-8H2,1-2H3,(H,25,30). The average molecular weight is 488 g/mol. The van der Waals surface area contributed by atoms with Crippen LogP contribution in [0.25, 0.3) is 17.0 Å². The highest BCUT2D eigenvalue weighted by atomic mass is 35.5. The van der Waals surface area contributed by atoms with Gasteiger partial charge in [0.2, 0.25) is 5.88 Å². The molecule has 9 nitrogen and oxygen atoms in total. The Kier molecular flexibility index (Phi) is 6.81. The number of nitrogens with one attached hydrogen (secondary N) is 1. The van der Waals surface area contributed by atoms with Crippen molar-refractivity contribution < 1.29 is 19.0 Å². The lowest BCUT2D eigenvalue weighted by molar-refractivity contribution is 0.0946. The molecule has 2 aromatic heterocycles. The van der Waals surface area contributed by atoms with Crippen molar-refractivity contribution in [1.82, 2.24) is 25.1 Å². The third-order valence-electron chi connectivity index (χ3n) is 4.64. The number of aromatic nitrogens is 4. The van der Waals surface area contributed by atoms with Crippen LogP contribution in [0.5, 0.6) is 17.4 Å². The van der Waals surface area contributed by atoms with Gasteiger partial charge in [0, 0.05) is 27.2 Å². The van der Waals surface area contributed by atoms with Crippen LogP contribution in [0.2, 0.25) is 10.0 Å². The SMILES string of the molecule is COc1ccc(-c2nnc3ccc(OCCNC(=O)c4cc(Cl)cc(Cl)c4)nn23)cc1OC. The number of nitrogens with zero attached hydrogens (tertiary/aromatic N) is 4. The first-order valence-electron chi connectivity index (χ1n) is 9.80. The van der Waals surface area contributed by atoms with Crippen LogP contribution in [0.15, 0.2) is 48.5 Å². The highest BCUT2D eigenvalue weighted by Gasteiger charge is 2.14. The predicted molar refractivity (Wildman–Crippen MR) is 124 cm³/mol. The number of amides is 1. The minimum absolute atomic E-state index is 0.201. The van der Waals surface area contributed by atoms with E-state index in [9.17, 15) is 4.79 Å². The molecule has 170 valence electrons. The summed E-state index contributed by atoms with van der Waals surface area (Å²) < 4.78 is 17.9. The van der Waals surface area contributed by atoms with Crippen LogP contribution in [0.1, 0.15) is 10.4 Å². The fraction of sp³-hybridized carbons (Fsp3) is 0.182. The van der Waals surface area contributed by atoms with E-state index in [2.05, 4.69) is 20.6 Å². The Balaban J connectivity index is 1.44. The Morgan fingerprint density at radius 2 is 1.73 bits per heavy atom. The second kappa shape index (κ2) is 9.93. The largest absolute Gasteiger partial charge is 0.493 e. The van der Waals surface area contributed by atoms with Gasteiger partial charge in [0.25, 0.3) is 5.91 Å². The van der Waals surface area contributed by atoms with E-state index in [4.69, 9.17) is 37.4 Å². The molecule has 1 amide bonds. The van der Waals surface area contributed by atoms with Gasteiger partial charge in [0.1, 0.15) is 6.61 Å². The third-order valence-corrected chi connectivity index (χ3v) is 5.08. The van der Waals surface area contributed by atoms with Gasteiger partial charge in [-0.2, -0.15) is 4.52 Å². The maximum atomic E-state index is 12.3. The van der Waals surface area contributed by atoms with Gasteiger partial charge in [-0.25, -0.2) is 0 Å². The first-order chi connectivity index (χ1) is 16.0. The number of benzene rings is 2. The summed E-state index contributed by atoms with van der Waals surface area (Å²) in [5, 5.41) is 16.4. The molecule has 2 heterocycles. The molecule has 0 aliphatic carbocycles. The zero-order chi connectivity index (χ0) is 23.4. The van der Waals surface area contributed by atoms with E-state index in [1.807, 2.05) is 6.07 Å². The quantitative estimate of drug-likeness (QED) is 0.375. The second-order valence-electron chi connectivity index (χ2n) is 6.80. The molecule has 0 aliphatic heterocycles. The lowest BCUT2D eigenvalue weighted by Crippen LogP contribution is -2.28. The summed E-state index contributed by atoms with van der Waals surface area (Å²) in [5.74, 6) is 1.73. The molecular formula is C22H19Cl2N5O4. The van der Waals surface area contributed by atoms with E-state index >= 15 is 0 Å². The smallest absolute Gasteiger partial charge is 0.251 e. The minimum atomic E-state index is -0.305. The summed E-state index contributed by atoms with van der Waals surface area (Å²) in [4.78, 5) is 12.3. The highest BCUT2D eigenvalue weighted by Crippen LogP contribution is 2.31. The van der Waals surface area contributed by atoms with Crippen molar-refractivity contribution in [3.8, 4) is 28.8 Å². The first kappa shape index (κ1) is 22.6. The van der Waals surface area contributed by atoms with E-state index in [1.165, 1.54) is 0 Å². The zero-order valence-electron chi connectivity index (χ0n) is 17.7. The van der Waals surface area contributed by atoms with Gasteiger partial charge in [-0.1, -0.05) is 23.2 Å². The fourth-order valence-corrected chi connectivity index (χ4v) is 3.64. The van der Waals surface area contributed by atoms with E-state index in [-0.39, 0.29) is 19.1 Å². The van der Waals surface area contributed by atoms with Crippen LogP contribution >= 0.6 is 23.2 Å². The topological polar surface area (TPSA) is 99.9 Å². The minimum Gasteiger partial charge on any atom is -0.493 e. The Morgan fingerprint density at radius 3 is 2.45 bits per heavy atom. The summed E-state index contributed by atoms with van der Waals surface area (Å²) in [6.07, 6.45) is 0. The Labute approximate surface area is 199 Å². The molecule has 0 radical (unpaired) electrons. The van der Waals surface area contributed by atoms with Crippen molar-refractivity contribution in [2.24, 2.45) is 0 Å². The van der Waals surface area contributed by atoms with Crippen molar-refractivity contribution in [3.05, 3.63) is 64.1 Å². The number of methoxy groups -OCH3 is 2. The number of hydrogen-bond acceptors (Lipinski definition) is 7. The van der Waals surface area contributed by atoms with Crippen LogP contribution < -0.4 is 19.5 Å². The lowest BCUT2D eigenvalue weighted by atomic mass is 10.2. The zero-order valence-corrected chi connectivity index (χ0v) is 19.2. The normalized spacial score (nSPS) is 10.8. The van der Waals surface area contributed by atoms with Gasteiger partial charge >= 0.3 is 0 Å². The maximum absolute atomic E-state index is 12.3. The van der Waals surface area contributed by atoms with Gasteiger partial charge in [-0.3, -0.25) is 4.79 Å². The molecule has 0 fully saturated rings. The van der Waals surface area contributed by atoms with Crippen LogP contribution in [-0.2, 0) is 0 Å². The predicted octanol–water partition coefficient (Wildman–Crippen LogP) is 3.92. The van der Waals surface area contributed by atoms with Crippen molar-refractivity contribution in [2.75, 3.05) is 27.4 Å². The monoisotopic (exact) mass is 487 g/mol. The molecule has 2 aromatic carbocycles. The highest BCUT2D eigenvalue weighted by molar-refractivity contribution is 6.35. The molecule has 0 saturated carbocycles. The number of ether oxygens (including phenoxy) is 3. The maximum Gasteiger partial charge on any atom is 0.251 e. The average Bonchev–Trinajstić information content (AvgIpc) is 3.24. The number of rotatable bonds is 8. The van der Waals surface area contributed by atoms with Gasteiger partial charge in [0.15, 0.2) is 23.0 Å². The number of fused-ring (bicyclic) bond motifs is 1. The lowest BCUT2D eigenvalue weighted by Gasteiger charge is -2.09. The van der Waals surface area contributed by atoms with Gasteiger partial charge in [-0.05, 0) is 42.5 Å². The molecule has 1 N–H and O–H groups in total. The van der Waals surface area contributed by atoms with Gasteiger partial charge < -0.3 is 19.5 Å². The van der Waals surface area contributed by atoms with Crippen LogP contribution in [0.3, 0.4) is 0 Å². The second-order valence-corrected chi connectivity index (χ2v) is 7.67. The Bertz CT molecular complexity index is 1290. The number of carbonyl (C=O) groups excluding carboxylic acids is 1. The number of hydrogen-bond donors (Lipinski definition) is 1. The molecule has 0 spiro atoms. The van der Waals surface area contributed by atoms with E-state index in [0.29, 0.717) is 44.5 Å². The molecule has 4 rings (SSSR count). The molecule has 4 aromatic rings. The Hall–Kier alpha value is -3.56. The Morgan fingerprint density at radius 1 is 0.970 bits per heavy atom. The van der Waals surface area contributed by atoms with Crippen LogP contribution in [-0.4, -0.2) is 53.1 Å². The first-order valence-corrected chi connectivity index (χ1v) is 10.6. The molecule has 33 heavy (non-hydrogen) atoms. The molecule has 11 heteroatoms. The molecular weight excluding hydrogens is 469 g/mol. The third kappa shape index (κ3) is 5.10. The van der Waals surface area contributed by atoms with Crippen LogP contribution in [0, 0.1) is 0 Å². The molecule has 0 aliphatic rings. The molecule has 0 saturated heterocycles. The van der Waals surface area contributed by atoms with Crippen molar-refractivity contribution >= 4 is 34.8 Å². The van der Waals surface area contributed by atoms with Crippen molar-refractivity contribution in [3.63, 3.8) is 0 Å². The fourth-order valence-electron chi connectivity index (χ4n) is 3.11. The van der Waals surface area contributed by atoms with Gasteiger partial charge in [-0.15, -0.1) is 15.3 Å². The molecule has 0 bridgehead atoms. The number of halogens is 2. The summed E-state index contributed by atoms with van der Waals surface area (Å²) in [6, 6.07) is 13.5. The molecule has 0 unspecified atom stereocenters. The number of carbonyl (C=O) groups is 1. The molecule has 0 atom stereocenters. The van der Waals surface area contributed by atoms with E-state index < -0.39 is 0 Å².